The number of ether oxygens (including phenoxy) is 1. The minimum absolute atomic E-state index is 0.213. The number of carbonyl (C=O) groups is 2. The minimum atomic E-state index is -0.575. The summed E-state index contributed by atoms with van der Waals surface area (Å²) >= 11 is 3.25. The maximum Gasteiger partial charge on any atom is 0.356 e. The number of benzene rings is 2. The maximum atomic E-state index is 13.5. The van der Waals surface area contributed by atoms with Crippen LogP contribution < -0.4 is 5.73 Å². The average Bonchev–Trinajstić information content (AvgIpc) is 2.82. The highest BCUT2D eigenvalue weighted by molar-refractivity contribution is 8.01. The zero-order valence-electron chi connectivity index (χ0n) is 17.0. The van der Waals surface area contributed by atoms with Crippen molar-refractivity contribution in [2.45, 2.75) is 17.5 Å². The van der Waals surface area contributed by atoms with Gasteiger partial charge in [-0.15, -0.1) is 18.3 Å². The number of amides is 1. The van der Waals surface area contributed by atoms with Gasteiger partial charge in [0.05, 0.1) is 0 Å². The number of nitrogens with zero attached hydrogens (tertiary/aromatic N) is 1. The number of hydrogen-bond acceptors (Lipinski definition) is 6. The quantitative estimate of drug-likeness (QED) is 0.285. The predicted octanol–water partition coefficient (Wildman–Crippen LogP) is 3.73. The van der Waals surface area contributed by atoms with Gasteiger partial charge in [-0.2, -0.15) is 11.8 Å². The largest absolute Gasteiger partial charge is 0.448 e. The number of hydrogen-bond donors (Lipinski definition) is 1. The van der Waals surface area contributed by atoms with Crippen LogP contribution in [0, 0.1) is 0 Å². The fourth-order valence-corrected chi connectivity index (χ4v) is 5.88. The lowest BCUT2D eigenvalue weighted by Gasteiger charge is -2.48. The summed E-state index contributed by atoms with van der Waals surface area (Å²) < 4.78 is 6.06. The first-order chi connectivity index (χ1) is 15.1. The number of thioether (sulfide) groups is 2. The third-order valence-electron chi connectivity index (χ3n) is 5.22. The number of esters is 1. The standard InChI is InChI=1S/C24H24N2O3S2/c1-2-13-30-14-18-15-31-23-19(25)22(27)26(23)20(18)24(28)29-21(16-9-5-3-6-10-16)17-11-7-4-8-12-17/h2-12,19,21,23H,1,13-15,25H2/t19?,23-/m0/s1. The molecular weight excluding hydrogens is 428 g/mol. The van der Waals surface area contributed by atoms with Crippen molar-refractivity contribution >= 4 is 35.4 Å². The summed E-state index contributed by atoms with van der Waals surface area (Å²) in [4.78, 5) is 27.5. The van der Waals surface area contributed by atoms with Gasteiger partial charge in [0.25, 0.3) is 0 Å². The molecule has 2 aromatic rings. The van der Waals surface area contributed by atoms with E-state index in [4.69, 9.17) is 10.5 Å². The Balaban J connectivity index is 1.66. The van der Waals surface area contributed by atoms with Crippen LogP contribution in [-0.2, 0) is 14.3 Å². The normalized spacial score (nSPS) is 20.3. The Morgan fingerprint density at radius 2 is 1.81 bits per heavy atom. The lowest BCUT2D eigenvalue weighted by atomic mass is 10.0. The summed E-state index contributed by atoms with van der Waals surface area (Å²) in [6, 6.07) is 18.7. The summed E-state index contributed by atoms with van der Waals surface area (Å²) in [6.45, 7) is 3.75. The molecule has 0 aromatic heterocycles. The Hall–Kier alpha value is -2.48. The highest BCUT2D eigenvalue weighted by atomic mass is 32.2. The van der Waals surface area contributed by atoms with E-state index in [9.17, 15) is 9.59 Å². The Morgan fingerprint density at radius 1 is 1.19 bits per heavy atom. The predicted molar refractivity (Wildman–Crippen MR) is 126 cm³/mol. The molecule has 1 unspecified atom stereocenters. The molecule has 4 rings (SSSR count). The van der Waals surface area contributed by atoms with Crippen LogP contribution in [-0.4, -0.2) is 45.5 Å². The molecule has 2 aliphatic rings. The third-order valence-corrected chi connectivity index (χ3v) is 7.61. The molecule has 7 heteroatoms. The van der Waals surface area contributed by atoms with Gasteiger partial charge < -0.3 is 10.5 Å². The van der Waals surface area contributed by atoms with Gasteiger partial charge in [0, 0.05) is 17.3 Å². The molecule has 2 N–H and O–H groups in total. The SMILES string of the molecule is C=CCSCC1=C(C(=O)OC(c2ccccc2)c2ccccc2)N2C(=O)C(N)[C@@H]2SC1. The molecule has 1 fully saturated rings. The van der Waals surface area contributed by atoms with E-state index in [2.05, 4.69) is 6.58 Å². The molecular formula is C24H24N2O3S2. The van der Waals surface area contributed by atoms with Crippen molar-refractivity contribution < 1.29 is 14.3 Å². The molecule has 2 aliphatic heterocycles. The second-order valence-electron chi connectivity index (χ2n) is 7.30. The molecule has 31 heavy (non-hydrogen) atoms. The van der Waals surface area contributed by atoms with Crippen molar-refractivity contribution in [3.8, 4) is 0 Å². The Labute approximate surface area is 190 Å². The van der Waals surface area contributed by atoms with E-state index in [0.717, 1.165) is 22.5 Å². The minimum Gasteiger partial charge on any atom is -0.448 e. The van der Waals surface area contributed by atoms with Crippen LogP contribution in [0.1, 0.15) is 17.2 Å². The highest BCUT2D eigenvalue weighted by Gasteiger charge is 2.52. The van der Waals surface area contributed by atoms with Crippen LogP contribution in [0.4, 0.5) is 0 Å². The van der Waals surface area contributed by atoms with Crippen LogP contribution in [0.25, 0.3) is 0 Å². The lowest BCUT2D eigenvalue weighted by Crippen LogP contribution is -2.68. The summed E-state index contributed by atoms with van der Waals surface area (Å²) in [7, 11) is 0. The van der Waals surface area contributed by atoms with Crippen molar-refractivity contribution in [3.05, 3.63) is 95.7 Å². The van der Waals surface area contributed by atoms with Crippen molar-refractivity contribution in [1.82, 2.24) is 4.90 Å². The van der Waals surface area contributed by atoms with Gasteiger partial charge >= 0.3 is 5.97 Å². The van der Waals surface area contributed by atoms with Crippen LogP contribution in [0.15, 0.2) is 84.6 Å². The van der Waals surface area contributed by atoms with Gasteiger partial charge in [0.2, 0.25) is 5.91 Å². The van der Waals surface area contributed by atoms with E-state index >= 15 is 0 Å². The monoisotopic (exact) mass is 452 g/mol. The fraction of sp³-hybridized carbons (Fsp3) is 0.250. The smallest absolute Gasteiger partial charge is 0.356 e. The second kappa shape index (κ2) is 9.77. The summed E-state index contributed by atoms with van der Waals surface area (Å²) in [5.41, 5.74) is 8.98. The number of β-lactam (4-membered cyclic amide) rings is 1. The van der Waals surface area contributed by atoms with Crippen molar-refractivity contribution in [3.63, 3.8) is 0 Å². The van der Waals surface area contributed by atoms with Gasteiger partial charge in [-0.05, 0) is 16.7 Å². The van der Waals surface area contributed by atoms with Crippen LogP contribution in [0.3, 0.4) is 0 Å². The van der Waals surface area contributed by atoms with Crippen molar-refractivity contribution in [2.75, 3.05) is 17.3 Å². The first-order valence-electron chi connectivity index (χ1n) is 10.0. The first kappa shape index (κ1) is 21.7. The summed E-state index contributed by atoms with van der Waals surface area (Å²) in [5.74, 6) is 1.34. The molecule has 0 spiro atoms. The van der Waals surface area contributed by atoms with Gasteiger partial charge in [-0.3, -0.25) is 9.69 Å². The molecule has 5 nitrogen and oxygen atoms in total. The molecule has 2 atom stereocenters. The van der Waals surface area contributed by atoms with E-state index in [-0.39, 0.29) is 11.3 Å². The maximum absolute atomic E-state index is 13.5. The number of carbonyl (C=O) groups excluding carboxylic acids is 2. The third kappa shape index (κ3) is 4.44. The second-order valence-corrected chi connectivity index (χ2v) is 9.43. The molecule has 0 saturated carbocycles. The van der Waals surface area contributed by atoms with Gasteiger partial charge in [0.15, 0.2) is 6.10 Å². The number of nitrogens with two attached hydrogens (primary N) is 1. The van der Waals surface area contributed by atoms with Crippen molar-refractivity contribution in [2.24, 2.45) is 5.73 Å². The average molecular weight is 453 g/mol. The van der Waals surface area contributed by atoms with Gasteiger partial charge in [-0.25, -0.2) is 4.79 Å². The molecule has 0 radical (unpaired) electrons. The molecule has 0 bridgehead atoms. The molecule has 2 aromatic carbocycles. The Morgan fingerprint density at radius 3 is 2.39 bits per heavy atom. The van der Waals surface area contributed by atoms with E-state index in [1.807, 2.05) is 66.7 Å². The van der Waals surface area contributed by atoms with E-state index in [1.54, 1.807) is 23.5 Å². The lowest BCUT2D eigenvalue weighted by molar-refractivity contribution is -0.153. The summed E-state index contributed by atoms with van der Waals surface area (Å²) in [6.07, 6.45) is 1.26. The van der Waals surface area contributed by atoms with Crippen molar-refractivity contribution in [1.29, 1.82) is 0 Å². The molecule has 1 saturated heterocycles. The summed E-state index contributed by atoms with van der Waals surface area (Å²) in [5, 5.41) is -0.213. The number of rotatable bonds is 8. The Bertz CT molecular complexity index is 955. The van der Waals surface area contributed by atoms with Crippen LogP contribution in [0.5, 0.6) is 0 Å². The zero-order chi connectivity index (χ0) is 21.8. The van der Waals surface area contributed by atoms with E-state index in [0.29, 0.717) is 17.2 Å². The topological polar surface area (TPSA) is 72.6 Å². The fourth-order valence-electron chi connectivity index (χ4n) is 3.69. The molecule has 2 heterocycles. The molecule has 1 amide bonds. The Kier molecular flexibility index (Phi) is 6.85. The van der Waals surface area contributed by atoms with Crippen LogP contribution in [0.2, 0.25) is 0 Å². The van der Waals surface area contributed by atoms with E-state index in [1.165, 1.54) is 4.90 Å². The van der Waals surface area contributed by atoms with Crippen LogP contribution >= 0.6 is 23.5 Å². The van der Waals surface area contributed by atoms with Gasteiger partial charge in [-0.1, -0.05) is 66.7 Å². The zero-order valence-corrected chi connectivity index (χ0v) is 18.6. The van der Waals surface area contributed by atoms with E-state index < -0.39 is 18.1 Å². The molecule has 160 valence electrons. The highest BCUT2D eigenvalue weighted by Crippen LogP contribution is 2.41. The number of fused-ring (bicyclic) bond motifs is 1. The first-order valence-corrected chi connectivity index (χ1v) is 12.2. The molecule has 0 aliphatic carbocycles. The van der Waals surface area contributed by atoms with Gasteiger partial charge in [0.1, 0.15) is 17.1 Å².